The normalized spacial score (nSPS) is 34.9. The number of nitrogens with zero attached hydrogens (tertiary/aromatic N) is 4. The minimum absolute atomic E-state index is 0.161. The summed E-state index contributed by atoms with van der Waals surface area (Å²) in [5.41, 5.74) is 4.90. The highest BCUT2D eigenvalue weighted by Crippen LogP contribution is 2.44. The maximum atomic E-state index is 10.5. The van der Waals surface area contributed by atoms with Crippen molar-refractivity contribution in [1.29, 1.82) is 0 Å². The Morgan fingerprint density at radius 3 is 2.71 bits per heavy atom. The van der Waals surface area contributed by atoms with Crippen LogP contribution in [0.4, 0.5) is 5.82 Å². The summed E-state index contributed by atoms with van der Waals surface area (Å²) in [7, 11) is 0. The van der Waals surface area contributed by atoms with Gasteiger partial charge in [0.05, 0.1) is 32.7 Å². The first-order valence-corrected chi connectivity index (χ1v) is 6.58. The lowest BCUT2D eigenvalue weighted by Crippen LogP contribution is -2.47. The van der Waals surface area contributed by atoms with Crippen LogP contribution in [0.25, 0.3) is 11.2 Å². The first-order valence-electron chi connectivity index (χ1n) is 6.58. The summed E-state index contributed by atoms with van der Waals surface area (Å²) in [6, 6.07) is 0. The van der Waals surface area contributed by atoms with Crippen molar-refractivity contribution in [3.05, 3.63) is 12.7 Å². The van der Waals surface area contributed by atoms with Crippen LogP contribution < -0.4 is 5.73 Å². The highest BCUT2D eigenvalue weighted by Gasteiger charge is 2.65. The average Bonchev–Trinajstić information content (AvgIpc) is 3.11. The maximum Gasteiger partial charge on any atom is 0.165 e. The van der Waals surface area contributed by atoms with Gasteiger partial charge in [-0.1, -0.05) is 0 Å². The van der Waals surface area contributed by atoms with Crippen LogP contribution >= 0.6 is 0 Å². The molecule has 0 spiro atoms. The molecule has 2 fully saturated rings. The van der Waals surface area contributed by atoms with Crippen molar-refractivity contribution in [2.24, 2.45) is 0 Å². The van der Waals surface area contributed by atoms with Gasteiger partial charge in [0.1, 0.15) is 29.2 Å². The molecule has 2 saturated heterocycles. The molecular weight excluding hydrogens is 278 g/mol. The maximum absolute atomic E-state index is 10.5. The topological polar surface area (TPSA) is 129 Å². The van der Waals surface area contributed by atoms with E-state index in [-0.39, 0.29) is 19.8 Å². The number of hydrogen-bond acceptors (Lipinski definition) is 8. The van der Waals surface area contributed by atoms with Gasteiger partial charge < -0.3 is 30.0 Å². The van der Waals surface area contributed by atoms with Gasteiger partial charge in [0, 0.05) is 0 Å². The molecule has 3 atom stereocenters. The van der Waals surface area contributed by atoms with Gasteiger partial charge in [0.2, 0.25) is 0 Å². The minimum atomic E-state index is -1.02. The molecule has 9 nitrogen and oxygen atoms in total. The molecule has 2 aromatic heterocycles. The minimum Gasteiger partial charge on any atom is -0.393 e. The van der Waals surface area contributed by atoms with Crippen molar-refractivity contribution in [3.63, 3.8) is 0 Å². The highest BCUT2D eigenvalue weighted by molar-refractivity contribution is 5.81. The molecule has 21 heavy (non-hydrogen) atoms. The Hall–Kier alpha value is -1.81. The Morgan fingerprint density at radius 1 is 1.29 bits per heavy atom. The van der Waals surface area contributed by atoms with Crippen molar-refractivity contribution in [1.82, 2.24) is 19.5 Å². The van der Waals surface area contributed by atoms with E-state index >= 15 is 0 Å². The quantitative estimate of drug-likeness (QED) is 0.611. The number of fused-ring (bicyclic) bond motifs is 3. The molecule has 0 aromatic carbocycles. The number of aromatic nitrogens is 4. The second kappa shape index (κ2) is 4.10. The lowest BCUT2D eigenvalue weighted by Gasteiger charge is -2.27. The molecule has 0 amide bonds. The number of nitrogens with two attached hydrogens (primary N) is 1. The molecule has 0 saturated carbocycles. The third-order valence-corrected chi connectivity index (χ3v) is 4.34. The molecule has 2 aromatic rings. The second-order valence-corrected chi connectivity index (χ2v) is 5.57. The standard InChI is InChI=1S/C12H15N5O4/c13-8-7-9(15-5-14-8)17(6-16-7)1-11-3-21-12(2-18,4-20-11)10(11)19/h5-6,10,18-19H,1-4H2,(H2,13,14,15)/t10?,11?,12-/m0/s1. The van der Waals surface area contributed by atoms with Crippen LogP contribution in [-0.4, -0.2) is 66.9 Å². The largest absolute Gasteiger partial charge is 0.393 e. The average molecular weight is 293 g/mol. The van der Waals surface area contributed by atoms with Gasteiger partial charge in [-0.2, -0.15) is 0 Å². The van der Waals surface area contributed by atoms with Crippen LogP contribution in [0.3, 0.4) is 0 Å². The van der Waals surface area contributed by atoms with E-state index in [1.807, 2.05) is 0 Å². The first kappa shape index (κ1) is 12.9. The number of aliphatic hydroxyl groups excluding tert-OH is 2. The highest BCUT2D eigenvalue weighted by atomic mass is 16.6. The molecular formula is C12H15N5O4. The Kier molecular flexibility index (Phi) is 2.52. The van der Waals surface area contributed by atoms with Crippen molar-refractivity contribution in [3.8, 4) is 0 Å². The van der Waals surface area contributed by atoms with E-state index in [4.69, 9.17) is 15.2 Å². The number of aliphatic hydroxyl groups is 2. The number of rotatable bonds is 3. The van der Waals surface area contributed by atoms with Gasteiger partial charge in [-0.15, -0.1) is 0 Å². The lowest BCUT2D eigenvalue weighted by molar-refractivity contribution is -0.148. The summed E-state index contributed by atoms with van der Waals surface area (Å²) in [6.45, 7) is 0.391. The Bertz CT molecular complexity index is 694. The zero-order valence-corrected chi connectivity index (χ0v) is 11.1. The van der Waals surface area contributed by atoms with E-state index in [1.54, 1.807) is 10.9 Å². The molecule has 2 aliphatic rings. The number of nitrogen functional groups attached to an aromatic ring is 1. The fourth-order valence-corrected chi connectivity index (χ4v) is 3.07. The Labute approximate surface area is 119 Å². The van der Waals surface area contributed by atoms with Crippen LogP contribution in [-0.2, 0) is 16.0 Å². The monoisotopic (exact) mass is 293 g/mol. The predicted molar refractivity (Wildman–Crippen MR) is 70.2 cm³/mol. The molecule has 4 heterocycles. The van der Waals surface area contributed by atoms with Crippen molar-refractivity contribution in [2.45, 2.75) is 23.9 Å². The summed E-state index contributed by atoms with van der Waals surface area (Å²) < 4.78 is 13.1. The fraction of sp³-hybridized carbons (Fsp3) is 0.583. The van der Waals surface area contributed by atoms with Crippen LogP contribution in [0.2, 0.25) is 0 Å². The summed E-state index contributed by atoms with van der Waals surface area (Å²) in [5.74, 6) is 0.302. The SMILES string of the molecule is Nc1ncnc2c1ncn2CC12CO[C@@](CO)(CO1)C2O. The first-order chi connectivity index (χ1) is 10.1. The van der Waals surface area contributed by atoms with Gasteiger partial charge in [-0.3, -0.25) is 0 Å². The van der Waals surface area contributed by atoms with Gasteiger partial charge in [0.15, 0.2) is 11.5 Å². The number of ether oxygens (including phenoxy) is 2. The summed E-state index contributed by atoms with van der Waals surface area (Å²) >= 11 is 0. The molecule has 0 radical (unpaired) electrons. The Balaban J connectivity index is 1.71. The summed E-state index contributed by atoms with van der Waals surface area (Å²) in [4.78, 5) is 12.2. The van der Waals surface area contributed by atoms with E-state index < -0.39 is 17.3 Å². The molecule has 112 valence electrons. The van der Waals surface area contributed by atoms with Crippen LogP contribution in [0.5, 0.6) is 0 Å². The Morgan fingerprint density at radius 2 is 2.05 bits per heavy atom. The van der Waals surface area contributed by atoms with Crippen molar-refractivity contribution >= 4 is 17.0 Å². The van der Waals surface area contributed by atoms with E-state index in [0.29, 0.717) is 23.5 Å². The smallest absolute Gasteiger partial charge is 0.165 e. The van der Waals surface area contributed by atoms with Crippen LogP contribution in [0, 0.1) is 0 Å². The van der Waals surface area contributed by atoms with E-state index in [1.165, 1.54) is 6.33 Å². The third kappa shape index (κ3) is 1.57. The van der Waals surface area contributed by atoms with E-state index in [9.17, 15) is 10.2 Å². The fourth-order valence-electron chi connectivity index (χ4n) is 3.07. The number of imidazole rings is 1. The number of anilines is 1. The summed E-state index contributed by atoms with van der Waals surface area (Å²) in [6.07, 6.45) is 2.03. The van der Waals surface area contributed by atoms with Crippen molar-refractivity contribution in [2.75, 3.05) is 25.6 Å². The van der Waals surface area contributed by atoms with Gasteiger partial charge in [0.25, 0.3) is 0 Å². The lowest BCUT2D eigenvalue weighted by atomic mass is 9.91. The molecule has 2 bridgehead atoms. The predicted octanol–water partition coefficient (Wildman–Crippen LogP) is -1.70. The van der Waals surface area contributed by atoms with Gasteiger partial charge >= 0.3 is 0 Å². The van der Waals surface area contributed by atoms with Crippen molar-refractivity contribution < 1.29 is 19.7 Å². The van der Waals surface area contributed by atoms with Crippen LogP contribution in [0.1, 0.15) is 0 Å². The molecule has 2 unspecified atom stereocenters. The molecule has 9 heteroatoms. The molecule has 2 aliphatic heterocycles. The molecule has 4 rings (SSSR count). The van der Waals surface area contributed by atoms with Gasteiger partial charge in [-0.05, 0) is 0 Å². The number of hydrogen-bond donors (Lipinski definition) is 3. The summed E-state index contributed by atoms with van der Waals surface area (Å²) in [5, 5.41) is 19.9. The second-order valence-electron chi connectivity index (χ2n) is 5.57. The molecule has 0 aliphatic carbocycles. The molecule has 4 N–H and O–H groups in total. The zero-order valence-electron chi connectivity index (χ0n) is 11.1. The third-order valence-electron chi connectivity index (χ3n) is 4.34. The van der Waals surface area contributed by atoms with E-state index in [2.05, 4.69) is 15.0 Å². The zero-order chi connectivity index (χ0) is 14.7. The van der Waals surface area contributed by atoms with Gasteiger partial charge in [-0.25, -0.2) is 15.0 Å². The van der Waals surface area contributed by atoms with Crippen LogP contribution in [0.15, 0.2) is 12.7 Å². The van der Waals surface area contributed by atoms with E-state index in [0.717, 1.165) is 0 Å².